The Kier molecular flexibility index (Phi) is 2.27. The Morgan fingerprint density at radius 2 is 1.88 bits per heavy atom. The first-order chi connectivity index (χ1) is 7.50. The lowest BCUT2D eigenvalue weighted by Crippen LogP contribution is -1.91. The first-order valence-electron chi connectivity index (χ1n) is 4.78. The molecule has 1 N–H and O–H groups in total. The minimum absolute atomic E-state index is 0.0764. The predicted molar refractivity (Wildman–Crippen MR) is 57.9 cm³/mol. The third-order valence-corrected chi connectivity index (χ3v) is 2.39. The lowest BCUT2D eigenvalue weighted by molar-refractivity contribution is 0.0987. The Balaban J connectivity index is 2.82. The van der Waals surface area contributed by atoms with E-state index >= 15 is 0 Å². The van der Waals surface area contributed by atoms with Crippen LogP contribution in [0.5, 0.6) is 5.75 Å². The second-order valence-electron chi connectivity index (χ2n) is 3.60. The molecule has 4 nitrogen and oxygen atoms in total. The van der Waals surface area contributed by atoms with Gasteiger partial charge in [-0.1, -0.05) is 0 Å². The maximum Gasteiger partial charge on any atom is 0.194 e. The first kappa shape index (κ1) is 10.4. The van der Waals surface area contributed by atoms with Gasteiger partial charge in [0.2, 0.25) is 0 Å². The Morgan fingerprint density at radius 3 is 2.44 bits per heavy atom. The molecule has 0 spiro atoms. The van der Waals surface area contributed by atoms with Crippen LogP contribution in [0.15, 0.2) is 22.6 Å². The monoisotopic (exact) mass is 218 g/mol. The number of hydrogen-bond acceptors (Lipinski definition) is 4. The molecule has 1 aromatic heterocycles. The summed E-state index contributed by atoms with van der Waals surface area (Å²) in [6, 6.07) is 4.38. The maximum absolute atomic E-state index is 11.3. The highest BCUT2D eigenvalue weighted by Crippen LogP contribution is 2.31. The third-order valence-electron chi connectivity index (χ3n) is 2.39. The van der Waals surface area contributed by atoms with E-state index in [0.717, 1.165) is 0 Å². The fourth-order valence-electron chi connectivity index (χ4n) is 1.59. The van der Waals surface area contributed by atoms with Crippen molar-refractivity contribution < 1.29 is 19.1 Å². The number of carbonyl (C=O) groups excluding carboxylic acids is 2. The molecule has 0 aliphatic rings. The summed E-state index contributed by atoms with van der Waals surface area (Å²) >= 11 is 0. The topological polar surface area (TPSA) is 67.5 Å². The van der Waals surface area contributed by atoms with Gasteiger partial charge in [0, 0.05) is 17.9 Å². The zero-order valence-corrected chi connectivity index (χ0v) is 8.90. The van der Waals surface area contributed by atoms with Gasteiger partial charge in [0.25, 0.3) is 0 Å². The van der Waals surface area contributed by atoms with Crippen LogP contribution in [0, 0.1) is 0 Å². The highest BCUT2D eigenvalue weighted by molar-refractivity contribution is 6.09. The Morgan fingerprint density at radius 1 is 1.19 bits per heavy atom. The van der Waals surface area contributed by atoms with E-state index in [2.05, 4.69) is 0 Å². The van der Waals surface area contributed by atoms with Crippen molar-refractivity contribution in [1.29, 1.82) is 0 Å². The van der Waals surface area contributed by atoms with Crippen LogP contribution in [0.3, 0.4) is 0 Å². The number of Topliss-reactive ketones (excluding diaryl/α,β-unsaturated/α-hetero) is 2. The van der Waals surface area contributed by atoms with Gasteiger partial charge in [-0.05, 0) is 25.1 Å². The van der Waals surface area contributed by atoms with Crippen molar-refractivity contribution in [1.82, 2.24) is 0 Å². The van der Waals surface area contributed by atoms with Crippen molar-refractivity contribution in [3.05, 3.63) is 29.5 Å². The number of hydrogen-bond donors (Lipinski definition) is 1. The SMILES string of the molecule is CC(=O)c1cc2c(C(C)=O)ccc(O)c2o1. The Hall–Kier alpha value is -2.10. The number of phenolic OH excluding ortho intramolecular Hbond substituents is 1. The van der Waals surface area contributed by atoms with Gasteiger partial charge in [0.15, 0.2) is 28.7 Å². The number of benzene rings is 1. The standard InChI is InChI=1S/C12H10O4/c1-6(13)8-3-4-10(15)12-9(8)5-11(16-12)7(2)14/h3-5,15H,1-2H3. The molecule has 0 amide bonds. The molecule has 0 unspecified atom stereocenters. The van der Waals surface area contributed by atoms with Gasteiger partial charge >= 0.3 is 0 Å². The minimum Gasteiger partial charge on any atom is -0.504 e. The molecule has 1 aromatic carbocycles. The van der Waals surface area contributed by atoms with E-state index in [0.29, 0.717) is 10.9 Å². The van der Waals surface area contributed by atoms with Crippen molar-refractivity contribution in [3.63, 3.8) is 0 Å². The fourth-order valence-corrected chi connectivity index (χ4v) is 1.59. The second kappa shape index (κ2) is 3.48. The largest absolute Gasteiger partial charge is 0.504 e. The number of fused-ring (bicyclic) bond motifs is 1. The molecule has 0 saturated heterocycles. The van der Waals surface area contributed by atoms with Crippen molar-refractivity contribution >= 4 is 22.5 Å². The molecular formula is C12H10O4. The van der Waals surface area contributed by atoms with E-state index in [-0.39, 0.29) is 28.7 Å². The van der Waals surface area contributed by atoms with E-state index in [4.69, 9.17) is 4.42 Å². The van der Waals surface area contributed by atoms with Gasteiger partial charge in [0.1, 0.15) is 0 Å². The van der Waals surface area contributed by atoms with E-state index in [1.54, 1.807) is 0 Å². The second-order valence-corrected chi connectivity index (χ2v) is 3.60. The van der Waals surface area contributed by atoms with Crippen molar-refractivity contribution in [2.45, 2.75) is 13.8 Å². The van der Waals surface area contributed by atoms with Crippen LogP contribution in [0.1, 0.15) is 34.8 Å². The van der Waals surface area contributed by atoms with Crippen molar-refractivity contribution in [2.75, 3.05) is 0 Å². The third kappa shape index (κ3) is 1.48. The Labute approximate surface area is 91.5 Å². The lowest BCUT2D eigenvalue weighted by atomic mass is 10.1. The van der Waals surface area contributed by atoms with E-state index < -0.39 is 0 Å². The zero-order chi connectivity index (χ0) is 11.9. The molecule has 0 aliphatic heterocycles. The molecule has 0 atom stereocenters. The molecule has 0 saturated carbocycles. The highest BCUT2D eigenvalue weighted by atomic mass is 16.4. The van der Waals surface area contributed by atoms with Gasteiger partial charge in [0.05, 0.1) is 0 Å². The maximum atomic E-state index is 11.3. The molecule has 16 heavy (non-hydrogen) atoms. The van der Waals surface area contributed by atoms with Crippen LogP contribution in [-0.4, -0.2) is 16.7 Å². The van der Waals surface area contributed by atoms with E-state index in [9.17, 15) is 14.7 Å². The number of rotatable bonds is 2. The quantitative estimate of drug-likeness (QED) is 0.786. The summed E-state index contributed by atoms with van der Waals surface area (Å²) in [4.78, 5) is 22.5. The van der Waals surface area contributed by atoms with E-state index in [1.807, 2.05) is 0 Å². The summed E-state index contributed by atoms with van der Waals surface area (Å²) in [7, 11) is 0. The molecule has 2 aromatic rings. The number of ketones is 2. The van der Waals surface area contributed by atoms with Crippen LogP contribution in [0.2, 0.25) is 0 Å². The van der Waals surface area contributed by atoms with Gasteiger partial charge in [-0.25, -0.2) is 0 Å². The predicted octanol–water partition coefficient (Wildman–Crippen LogP) is 2.54. The van der Waals surface area contributed by atoms with Crippen LogP contribution in [-0.2, 0) is 0 Å². The molecule has 82 valence electrons. The molecule has 0 aliphatic carbocycles. The summed E-state index contributed by atoms with van der Waals surface area (Å²) in [5.41, 5.74) is 0.613. The number of carbonyl (C=O) groups is 2. The number of aromatic hydroxyl groups is 1. The van der Waals surface area contributed by atoms with Gasteiger partial charge in [-0.2, -0.15) is 0 Å². The van der Waals surface area contributed by atoms with Crippen LogP contribution >= 0.6 is 0 Å². The number of phenols is 1. The summed E-state index contributed by atoms with van der Waals surface area (Å²) in [6.45, 7) is 2.79. The lowest BCUT2D eigenvalue weighted by Gasteiger charge is -1.98. The molecular weight excluding hydrogens is 208 g/mol. The van der Waals surface area contributed by atoms with Crippen LogP contribution < -0.4 is 0 Å². The van der Waals surface area contributed by atoms with Gasteiger partial charge in [-0.3, -0.25) is 9.59 Å². The van der Waals surface area contributed by atoms with Gasteiger partial charge < -0.3 is 9.52 Å². The molecule has 0 fully saturated rings. The molecule has 2 rings (SSSR count). The average molecular weight is 218 g/mol. The van der Waals surface area contributed by atoms with Crippen molar-refractivity contribution in [3.8, 4) is 5.75 Å². The first-order valence-corrected chi connectivity index (χ1v) is 4.78. The summed E-state index contributed by atoms with van der Waals surface area (Å²) in [5.74, 6) is -0.322. The van der Waals surface area contributed by atoms with Gasteiger partial charge in [-0.15, -0.1) is 0 Å². The summed E-state index contributed by atoms with van der Waals surface area (Å²) in [6.07, 6.45) is 0. The molecule has 0 bridgehead atoms. The molecule has 1 heterocycles. The van der Waals surface area contributed by atoms with Crippen molar-refractivity contribution in [2.24, 2.45) is 0 Å². The highest BCUT2D eigenvalue weighted by Gasteiger charge is 2.16. The fraction of sp³-hybridized carbons (Fsp3) is 0.167. The normalized spacial score (nSPS) is 10.6. The smallest absolute Gasteiger partial charge is 0.194 e. The Bertz CT molecular complexity index is 592. The summed E-state index contributed by atoms with van der Waals surface area (Å²) < 4.78 is 5.20. The number of furan rings is 1. The molecule has 0 radical (unpaired) electrons. The molecule has 4 heteroatoms. The van der Waals surface area contributed by atoms with Crippen LogP contribution in [0.25, 0.3) is 11.0 Å². The minimum atomic E-state index is -0.245. The zero-order valence-electron chi connectivity index (χ0n) is 8.90. The van der Waals surface area contributed by atoms with E-state index in [1.165, 1.54) is 32.0 Å². The average Bonchev–Trinajstić information content (AvgIpc) is 2.62. The van der Waals surface area contributed by atoms with Crippen LogP contribution in [0.4, 0.5) is 0 Å². The summed E-state index contributed by atoms with van der Waals surface area (Å²) in [5, 5.41) is 10.0.